The molecule has 0 heterocycles. The molecule has 88 valence electrons. The predicted molar refractivity (Wildman–Crippen MR) is 67.5 cm³/mol. The van der Waals surface area contributed by atoms with E-state index in [1.807, 2.05) is 7.11 Å². The number of ether oxygens (including phenoxy) is 1. The van der Waals surface area contributed by atoms with E-state index < -0.39 is 0 Å². The van der Waals surface area contributed by atoms with Crippen molar-refractivity contribution in [2.24, 2.45) is 11.8 Å². The Morgan fingerprint density at radius 2 is 1.27 bits per heavy atom. The van der Waals surface area contributed by atoms with Gasteiger partial charge in [-0.3, -0.25) is 0 Å². The first-order valence-corrected chi connectivity index (χ1v) is 7.02. The van der Waals surface area contributed by atoms with Gasteiger partial charge in [-0.05, 0) is 63.2 Å². The van der Waals surface area contributed by atoms with Crippen LogP contribution in [0.3, 0.4) is 0 Å². The topological polar surface area (TPSA) is 9.23 Å². The molecule has 2 heteroatoms. The Bertz CT molecular complexity index is 179. The molecule has 2 aliphatic rings. The highest BCUT2D eigenvalue weighted by molar-refractivity contribution is 7.80. The van der Waals surface area contributed by atoms with Crippen LogP contribution < -0.4 is 0 Å². The van der Waals surface area contributed by atoms with Crippen LogP contribution in [0.25, 0.3) is 0 Å². The van der Waals surface area contributed by atoms with Gasteiger partial charge in [-0.2, -0.15) is 12.6 Å². The molecule has 0 aliphatic heterocycles. The van der Waals surface area contributed by atoms with Crippen molar-refractivity contribution in [3.05, 3.63) is 0 Å². The van der Waals surface area contributed by atoms with Crippen LogP contribution in [-0.4, -0.2) is 18.5 Å². The van der Waals surface area contributed by atoms with Gasteiger partial charge in [0, 0.05) is 12.4 Å². The molecule has 2 aliphatic carbocycles. The fourth-order valence-electron chi connectivity index (χ4n) is 3.37. The molecule has 15 heavy (non-hydrogen) atoms. The summed E-state index contributed by atoms with van der Waals surface area (Å²) < 4.78 is 5.43. The summed E-state index contributed by atoms with van der Waals surface area (Å²) in [4.78, 5) is 0. The highest BCUT2D eigenvalue weighted by Gasteiger charge is 2.29. The predicted octanol–water partition coefficient (Wildman–Crippen LogP) is 3.68. The van der Waals surface area contributed by atoms with Crippen molar-refractivity contribution in [1.29, 1.82) is 0 Å². The van der Waals surface area contributed by atoms with Crippen molar-refractivity contribution >= 4 is 12.6 Å². The molecule has 0 atom stereocenters. The monoisotopic (exact) mass is 228 g/mol. The third-order valence-electron chi connectivity index (χ3n) is 4.46. The quantitative estimate of drug-likeness (QED) is 0.709. The lowest BCUT2D eigenvalue weighted by Gasteiger charge is -2.36. The van der Waals surface area contributed by atoms with Crippen LogP contribution >= 0.6 is 12.6 Å². The second kappa shape index (κ2) is 5.58. The van der Waals surface area contributed by atoms with Gasteiger partial charge in [0.25, 0.3) is 0 Å². The molecule has 0 spiro atoms. The SMILES string of the molecule is COC1CCC(C2CCC(S)CC2)CC1. The molecule has 0 aromatic carbocycles. The smallest absolute Gasteiger partial charge is 0.0571 e. The van der Waals surface area contributed by atoms with Crippen LogP contribution in [-0.2, 0) is 4.74 Å². The van der Waals surface area contributed by atoms with E-state index in [-0.39, 0.29) is 0 Å². The lowest BCUT2D eigenvalue weighted by molar-refractivity contribution is 0.0421. The van der Waals surface area contributed by atoms with E-state index in [4.69, 9.17) is 4.74 Å². The highest BCUT2D eigenvalue weighted by Crippen LogP contribution is 2.39. The molecule has 0 radical (unpaired) electrons. The van der Waals surface area contributed by atoms with Gasteiger partial charge in [0.05, 0.1) is 6.10 Å². The Kier molecular flexibility index (Phi) is 4.39. The van der Waals surface area contributed by atoms with Crippen molar-refractivity contribution in [2.75, 3.05) is 7.11 Å². The molecule has 0 aromatic rings. The van der Waals surface area contributed by atoms with Gasteiger partial charge in [0.1, 0.15) is 0 Å². The first-order valence-electron chi connectivity index (χ1n) is 6.50. The first-order chi connectivity index (χ1) is 7.29. The third-order valence-corrected chi connectivity index (χ3v) is 4.98. The number of hydrogen-bond acceptors (Lipinski definition) is 2. The summed E-state index contributed by atoms with van der Waals surface area (Å²) in [6.07, 6.45) is 11.5. The molecule has 1 nitrogen and oxygen atoms in total. The lowest BCUT2D eigenvalue weighted by Crippen LogP contribution is -2.28. The van der Waals surface area contributed by atoms with E-state index in [1.165, 1.54) is 51.4 Å². The number of hydrogen-bond donors (Lipinski definition) is 1. The van der Waals surface area contributed by atoms with Crippen molar-refractivity contribution in [2.45, 2.75) is 62.7 Å². The second-order valence-corrected chi connectivity index (χ2v) is 6.07. The zero-order valence-corrected chi connectivity index (χ0v) is 10.7. The van der Waals surface area contributed by atoms with Crippen LogP contribution in [0.2, 0.25) is 0 Å². The summed E-state index contributed by atoms with van der Waals surface area (Å²) in [6, 6.07) is 0. The fraction of sp³-hybridized carbons (Fsp3) is 1.00. The van der Waals surface area contributed by atoms with E-state index in [9.17, 15) is 0 Å². The maximum absolute atomic E-state index is 5.43. The van der Waals surface area contributed by atoms with Crippen LogP contribution in [0.15, 0.2) is 0 Å². The van der Waals surface area contributed by atoms with Gasteiger partial charge in [-0.25, -0.2) is 0 Å². The Balaban J connectivity index is 1.75. The van der Waals surface area contributed by atoms with Gasteiger partial charge in [0.2, 0.25) is 0 Å². The summed E-state index contributed by atoms with van der Waals surface area (Å²) in [5.74, 6) is 2.00. The molecular formula is C13H24OS. The third kappa shape index (κ3) is 3.13. The molecule has 0 amide bonds. The van der Waals surface area contributed by atoms with Crippen molar-refractivity contribution in [1.82, 2.24) is 0 Å². The second-order valence-electron chi connectivity index (χ2n) is 5.34. The minimum atomic E-state index is 0.558. The minimum Gasteiger partial charge on any atom is -0.381 e. The van der Waals surface area contributed by atoms with E-state index in [1.54, 1.807) is 0 Å². The van der Waals surface area contributed by atoms with E-state index in [0.717, 1.165) is 11.8 Å². The number of thiol groups is 1. The van der Waals surface area contributed by atoms with Gasteiger partial charge in [-0.15, -0.1) is 0 Å². The molecule has 0 unspecified atom stereocenters. The van der Waals surface area contributed by atoms with E-state index in [2.05, 4.69) is 12.6 Å². The van der Waals surface area contributed by atoms with Crippen LogP contribution in [0.4, 0.5) is 0 Å². The normalized spacial score (nSPS) is 42.8. The number of methoxy groups -OCH3 is 1. The van der Waals surface area contributed by atoms with Crippen LogP contribution in [0.1, 0.15) is 51.4 Å². The van der Waals surface area contributed by atoms with Crippen LogP contribution in [0.5, 0.6) is 0 Å². The van der Waals surface area contributed by atoms with Gasteiger partial charge >= 0.3 is 0 Å². The molecule has 0 saturated heterocycles. The maximum Gasteiger partial charge on any atom is 0.0571 e. The van der Waals surface area contributed by atoms with Gasteiger partial charge in [-0.1, -0.05) is 0 Å². The zero-order valence-electron chi connectivity index (χ0n) is 9.82. The summed E-state index contributed by atoms with van der Waals surface area (Å²) in [5.41, 5.74) is 0. The summed E-state index contributed by atoms with van der Waals surface area (Å²) in [6.45, 7) is 0. The Morgan fingerprint density at radius 1 is 0.800 bits per heavy atom. The Hall–Kier alpha value is 0.310. The molecule has 0 aromatic heterocycles. The summed E-state index contributed by atoms with van der Waals surface area (Å²) in [5, 5.41) is 0.691. The highest BCUT2D eigenvalue weighted by atomic mass is 32.1. The fourth-order valence-corrected chi connectivity index (χ4v) is 3.67. The van der Waals surface area contributed by atoms with Crippen molar-refractivity contribution in [3.63, 3.8) is 0 Å². The average Bonchev–Trinajstić information content (AvgIpc) is 2.30. The lowest BCUT2D eigenvalue weighted by atomic mass is 9.73. The molecule has 2 rings (SSSR count). The van der Waals surface area contributed by atoms with Gasteiger partial charge in [0.15, 0.2) is 0 Å². The largest absolute Gasteiger partial charge is 0.381 e. The molecule has 2 fully saturated rings. The summed E-state index contributed by atoms with van der Waals surface area (Å²) >= 11 is 4.58. The van der Waals surface area contributed by atoms with E-state index in [0.29, 0.717) is 11.4 Å². The van der Waals surface area contributed by atoms with Gasteiger partial charge < -0.3 is 4.74 Å². The van der Waals surface area contributed by atoms with Crippen molar-refractivity contribution < 1.29 is 4.74 Å². The molecule has 0 bridgehead atoms. The van der Waals surface area contributed by atoms with Crippen molar-refractivity contribution in [3.8, 4) is 0 Å². The average molecular weight is 228 g/mol. The van der Waals surface area contributed by atoms with E-state index >= 15 is 0 Å². The Morgan fingerprint density at radius 3 is 1.73 bits per heavy atom. The Labute approximate surface area is 99.4 Å². The molecule has 0 N–H and O–H groups in total. The summed E-state index contributed by atoms with van der Waals surface area (Å²) in [7, 11) is 1.86. The van der Waals surface area contributed by atoms with Crippen LogP contribution in [0, 0.1) is 11.8 Å². The zero-order chi connectivity index (χ0) is 10.7. The minimum absolute atomic E-state index is 0.558. The number of rotatable bonds is 2. The molecular weight excluding hydrogens is 204 g/mol. The standard InChI is InChI=1S/C13H24OS/c1-14-12-6-2-10(3-7-12)11-4-8-13(15)9-5-11/h10-13,15H,2-9H2,1H3. The molecule has 2 saturated carbocycles. The maximum atomic E-state index is 5.43. The first kappa shape index (κ1) is 11.8.